The molecule has 1 amide bonds. The maximum Gasteiger partial charge on any atom is 0.266 e. The summed E-state index contributed by atoms with van der Waals surface area (Å²) in [6.07, 6.45) is 1.39. The summed E-state index contributed by atoms with van der Waals surface area (Å²) in [4.78, 5) is 12.3. The van der Waals surface area contributed by atoms with E-state index in [0.717, 1.165) is 5.56 Å². The average Bonchev–Trinajstić information content (AvgIpc) is 2.73. The van der Waals surface area contributed by atoms with Crippen LogP contribution in [0.5, 0.6) is 5.75 Å². The summed E-state index contributed by atoms with van der Waals surface area (Å²) in [6, 6.07) is 19.6. The number of hydrogen-bond acceptors (Lipinski definition) is 3. The lowest BCUT2D eigenvalue weighted by Gasteiger charge is -2.11. The Kier molecular flexibility index (Phi) is 7.08. The zero-order chi connectivity index (χ0) is 21.5. The Morgan fingerprint density at radius 3 is 2.30 bits per heavy atom. The number of nitrogens with zero attached hydrogens (tertiary/aromatic N) is 1. The summed E-state index contributed by atoms with van der Waals surface area (Å²) < 4.78 is 18.7. The van der Waals surface area contributed by atoms with Crippen LogP contribution in [0.2, 0.25) is 10.0 Å². The van der Waals surface area contributed by atoms with Crippen molar-refractivity contribution in [3.8, 4) is 11.8 Å². The molecule has 0 aliphatic heterocycles. The number of ether oxygens (including phenoxy) is 1. The molecular formula is C23H15Cl2FN2O2. The summed E-state index contributed by atoms with van der Waals surface area (Å²) in [7, 11) is 0. The highest BCUT2D eigenvalue weighted by molar-refractivity contribution is 6.37. The van der Waals surface area contributed by atoms with Crippen LogP contribution in [-0.2, 0) is 11.4 Å². The monoisotopic (exact) mass is 440 g/mol. The number of hydrogen-bond donors (Lipinski definition) is 1. The van der Waals surface area contributed by atoms with Crippen LogP contribution in [0.15, 0.2) is 72.3 Å². The van der Waals surface area contributed by atoms with Crippen LogP contribution in [0.3, 0.4) is 0 Å². The largest absolute Gasteiger partial charge is 0.486 e. The molecule has 0 aromatic heterocycles. The number of anilines is 1. The molecule has 0 atom stereocenters. The first-order valence-electron chi connectivity index (χ1n) is 8.81. The van der Waals surface area contributed by atoms with E-state index in [1.807, 2.05) is 12.1 Å². The SMILES string of the molecule is N#CC(=Cc1cc(Cl)c(OCc2ccc(F)cc2)c(Cl)c1)C(=O)Nc1ccccc1. The second-order valence-electron chi connectivity index (χ2n) is 6.22. The number of carbonyl (C=O) groups excluding carboxylic acids is 1. The van der Waals surface area contributed by atoms with Crippen LogP contribution < -0.4 is 10.1 Å². The quantitative estimate of drug-likeness (QED) is 0.363. The number of benzene rings is 3. The van der Waals surface area contributed by atoms with E-state index in [1.165, 1.54) is 18.2 Å². The van der Waals surface area contributed by atoms with Crippen molar-refractivity contribution < 1.29 is 13.9 Å². The Bertz CT molecular complexity index is 1100. The van der Waals surface area contributed by atoms with E-state index < -0.39 is 5.91 Å². The van der Waals surface area contributed by atoms with Crippen LogP contribution in [0, 0.1) is 17.1 Å². The summed E-state index contributed by atoms with van der Waals surface area (Å²) in [5, 5.41) is 12.4. The molecule has 3 aromatic carbocycles. The van der Waals surface area contributed by atoms with Gasteiger partial charge in [-0.1, -0.05) is 53.5 Å². The number of nitriles is 1. The molecule has 0 heterocycles. The lowest BCUT2D eigenvalue weighted by molar-refractivity contribution is -0.112. The fourth-order valence-electron chi connectivity index (χ4n) is 2.57. The number of para-hydroxylation sites is 1. The Balaban J connectivity index is 1.76. The molecule has 7 heteroatoms. The molecule has 0 aliphatic carbocycles. The van der Waals surface area contributed by atoms with Crippen molar-refractivity contribution in [1.82, 2.24) is 0 Å². The van der Waals surface area contributed by atoms with Crippen molar-refractivity contribution in [2.45, 2.75) is 6.61 Å². The van der Waals surface area contributed by atoms with E-state index in [9.17, 15) is 14.4 Å². The molecule has 0 radical (unpaired) electrons. The van der Waals surface area contributed by atoms with Gasteiger partial charge < -0.3 is 10.1 Å². The van der Waals surface area contributed by atoms with E-state index in [0.29, 0.717) is 11.3 Å². The van der Waals surface area contributed by atoms with Crippen LogP contribution in [0.25, 0.3) is 6.08 Å². The highest BCUT2D eigenvalue weighted by Crippen LogP contribution is 2.35. The average molecular weight is 441 g/mol. The van der Waals surface area contributed by atoms with Crippen molar-refractivity contribution in [3.05, 3.63) is 99.3 Å². The van der Waals surface area contributed by atoms with E-state index in [4.69, 9.17) is 27.9 Å². The molecule has 3 aromatic rings. The van der Waals surface area contributed by atoms with Gasteiger partial charge in [0.05, 0.1) is 10.0 Å². The van der Waals surface area contributed by atoms with Crippen molar-refractivity contribution in [2.75, 3.05) is 5.32 Å². The number of nitrogens with one attached hydrogen (secondary N) is 1. The van der Waals surface area contributed by atoms with Gasteiger partial charge in [-0.3, -0.25) is 4.79 Å². The summed E-state index contributed by atoms with van der Waals surface area (Å²) in [5.74, 6) is -0.629. The maximum atomic E-state index is 13.0. The van der Waals surface area contributed by atoms with Crippen LogP contribution in [0.4, 0.5) is 10.1 Å². The van der Waals surface area contributed by atoms with E-state index >= 15 is 0 Å². The first-order valence-corrected chi connectivity index (χ1v) is 9.56. The lowest BCUT2D eigenvalue weighted by atomic mass is 10.1. The highest BCUT2D eigenvalue weighted by atomic mass is 35.5. The second-order valence-corrected chi connectivity index (χ2v) is 7.03. The highest BCUT2D eigenvalue weighted by Gasteiger charge is 2.13. The van der Waals surface area contributed by atoms with Gasteiger partial charge in [0.2, 0.25) is 0 Å². The number of rotatable bonds is 6. The minimum atomic E-state index is -0.549. The number of carbonyl (C=O) groups is 1. The zero-order valence-electron chi connectivity index (χ0n) is 15.5. The molecule has 0 spiro atoms. The Morgan fingerprint density at radius 1 is 1.07 bits per heavy atom. The topological polar surface area (TPSA) is 62.1 Å². The van der Waals surface area contributed by atoms with Crippen molar-refractivity contribution in [2.24, 2.45) is 0 Å². The second kappa shape index (κ2) is 9.93. The van der Waals surface area contributed by atoms with Gasteiger partial charge in [-0.15, -0.1) is 0 Å². The third-order valence-electron chi connectivity index (χ3n) is 4.02. The molecule has 4 nitrogen and oxygen atoms in total. The molecule has 1 N–H and O–H groups in total. The summed E-state index contributed by atoms with van der Waals surface area (Å²) >= 11 is 12.6. The van der Waals surface area contributed by atoms with Gasteiger partial charge >= 0.3 is 0 Å². The van der Waals surface area contributed by atoms with Gasteiger partial charge in [-0.05, 0) is 53.6 Å². The predicted octanol–water partition coefficient (Wildman–Crippen LogP) is 6.26. The Labute approximate surface area is 183 Å². The molecule has 30 heavy (non-hydrogen) atoms. The van der Waals surface area contributed by atoms with Crippen molar-refractivity contribution >= 4 is 40.9 Å². The Hall–Kier alpha value is -3.33. The smallest absolute Gasteiger partial charge is 0.266 e. The molecule has 0 saturated heterocycles. The van der Waals surface area contributed by atoms with Crippen molar-refractivity contribution in [1.29, 1.82) is 5.26 Å². The standard InChI is InChI=1S/C23H15Cl2FN2O2/c24-20-11-16(10-17(13-27)23(29)28-19-4-2-1-3-5-19)12-21(25)22(20)30-14-15-6-8-18(26)9-7-15/h1-12H,14H2,(H,28,29). The van der Waals surface area contributed by atoms with Gasteiger partial charge in [0.1, 0.15) is 24.1 Å². The first-order chi connectivity index (χ1) is 14.5. The third-order valence-corrected chi connectivity index (χ3v) is 4.59. The molecule has 0 saturated carbocycles. The maximum absolute atomic E-state index is 13.0. The third kappa shape index (κ3) is 5.60. The normalized spacial score (nSPS) is 10.9. The predicted molar refractivity (Wildman–Crippen MR) is 116 cm³/mol. The molecular weight excluding hydrogens is 426 g/mol. The number of amides is 1. The van der Waals surface area contributed by atoms with Gasteiger partial charge in [0.25, 0.3) is 5.91 Å². The minimum absolute atomic E-state index is 0.106. The molecule has 0 fully saturated rings. The van der Waals surface area contributed by atoms with Crippen LogP contribution in [0.1, 0.15) is 11.1 Å². The minimum Gasteiger partial charge on any atom is -0.486 e. The zero-order valence-corrected chi connectivity index (χ0v) is 17.0. The molecule has 3 rings (SSSR count). The van der Waals surface area contributed by atoms with E-state index in [1.54, 1.807) is 48.5 Å². The van der Waals surface area contributed by atoms with E-state index in [2.05, 4.69) is 5.32 Å². The summed E-state index contributed by atoms with van der Waals surface area (Å²) in [6.45, 7) is 0.151. The first kappa shape index (κ1) is 21.4. The van der Waals surface area contributed by atoms with Gasteiger partial charge in [0.15, 0.2) is 5.75 Å². The van der Waals surface area contributed by atoms with Crippen molar-refractivity contribution in [3.63, 3.8) is 0 Å². The molecule has 0 unspecified atom stereocenters. The fraction of sp³-hybridized carbons (Fsp3) is 0.0435. The lowest BCUT2D eigenvalue weighted by Crippen LogP contribution is -2.13. The number of halogens is 3. The Morgan fingerprint density at radius 2 is 1.70 bits per heavy atom. The van der Waals surface area contributed by atoms with Gasteiger partial charge in [0, 0.05) is 5.69 Å². The van der Waals surface area contributed by atoms with E-state index in [-0.39, 0.29) is 33.8 Å². The molecule has 150 valence electrons. The van der Waals surface area contributed by atoms with Gasteiger partial charge in [-0.2, -0.15) is 5.26 Å². The van der Waals surface area contributed by atoms with Gasteiger partial charge in [-0.25, -0.2) is 4.39 Å². The molecule has 0 bridgehead atoms. The van der Waals surface area contributed by atoms with Crippen LogP contribution in [-0.4, -0.2) is 5.91 Å². The molecule has 0 aliphatic rings. The summed E-state index contributed by atoms with van der Waals surface area (Å²) in [5.41, 5.74) is 1.69. The fourth-order valence-corrected chi connectivity index (χ4v) is 3.19. The van der Waals surface area contributed by atoms with Crippen LogP contribution >= 0.6 is 23.2 Å².